The Balaban J connectivity index is 2.25. The molecule has 0 fully saturated rings. The molecule has 0 atom stereocenters. The highest BCUT2D eigenvalue weighted by molar-refractivity contribution is 9.10. The molecule has 0 saturated carbocycles. The number of rotatable bonds is 5. The van der Waals surface area contributed by atoms with Crippen molar-refractivity contribution in [3.8, 4) is 0 Å². The molecule has 1 aromatic carbocycles. The molecule has 0 aliphatic carbocycles. The summed E-state index contributed by atoms with van der Waals surface area (Å²) in [5.74, 6) is 0. The zero-order valence-corrected chi connectivity index (χ0v) is 10.1. The maximum Gasteiger partial charge on any atom is 0.221 e. The van der Waals surface area contributed by atoms with E-state index in [-0.39, 0.29) is 5.24 Å². The van der Waals surface area contributed by atoms with Gasteiger partial charge in [-0.15, -0.1) is 0 Å². The Bertz CT molecular complexity index is 295. The van der Waals surface area contributed by atoms with Gasteiger partial charge in [0.15, 0.2) is 0 Å². The zero-order valence-electron chi connectivity index (χ0n) is 7.80. The molecule has 14 heavy (non-hydrogen) atoms. The van der Waals surface area contributed by atoms with Gasteiger partial charge in [-0.3, -0.25) is 4.79 Å². The number of hydrogen-bond acceptors (Lipinski definition) is 1. The summed E-state index contributed by atoms with van der Waals surface area (Å²) in [6.07, 6.45) is 3.38. The molecule has 0 radical (unpaired) electrons. The van der Waals surface area contributed by atoms with Crippen LogP contribution in [0, 0.1) is 0 Å². The largest absolute Gasteiger partial charge is 0.281 e. The van der Waals surface area contributed by atoms with E-state index in [1.165, 1.54) is 5.56 Å². The van der Waals surface area contributed by atoms with Gasteiger partial charge in [0, 0.05) is 10.9 Å². The number of halogens is 2. The second-order valence-electron chi connectivity index (χ2n) is 3.19. The summed E-state index contributed by atoms with van der Waals surface area (Å²) in [5, 5.41) is -0.235. The third-order valence-corrected chi connectivity index (χ3v) is 2.72. The Kier molecular flexibility index (Phi) is 5.20. The van der Waals surface area contributed by atoms with Crippen LogP contribution >= 0.6 is 27.5 Å². The fourth-order valence-electron chi connectivity index (χ4n) is 1.24. The first kappa shape index (κ1) is 11.7. The molecular formula is C11H12BrClO. The molecule has 0 aliphatic rings. The average molecular weight is 276 g/mol. The number of carbonyl (C=O) groups excluding carboxylic acids is 1. The lowest BCUT2D eigenvalue weighted by Crippen LogP contribution is -1.89. The SMILES string of the molecule is O=C(Cl)CCCCc1ccc(Br)cc1. The van der Waals surface area contributed by atoms with E-state index in [0.29, 0.717) is 6.42 Å². The molecule has 0 spiro atoms. The summed E-state index contributed by atoms with van der Waals surface area (Å²) >= 11 is 8.62. The third-order valence-electron chi connectivity index (χ3n) is 2.00. The highest BCUT2D eigenvalue weighted by atomic mass is 79.9. The van der Waals surface area contributed by atoms with Crippen LogP contribution in [0.1, 0.15) is 24.8 Å². The Morgan fingerprint density at radius 1 is 1.21 bits per heavy atom. The van der Waals surface area contributed by atoms with Gasteiger partial charge in [0.05, 0.1) is 0 Å². The van der Waals surface area contributed by atoms with Crippen molar-refractivity contribution in [2.45, 2.75) is 25.7 Å². The first-order valence-corrected chi connectivity index (χ1v) is 5.78. The van der Waals surface area contributed by atoms with E-state index < -0.39 is 0 Å². The van der Waals surface area contributed by atoms with Gasteiger partial charge in [-0.25, -0.2) is 0 Å². The summed E-state index contributed by atoms with van der Waals surface area (Å²) in [6, 6.07) is 8.24. The van der Waals surface area contributed by atoms with Crippen molar-refractivity contribution in [2.75, 3.05) is 0 Å². The summed E-state index contributed by atoms with van der Waals surface area (Å²) in [4.78, 5) is 10.5. The van der Waals surface area contributed by atoms with E-state index in [1.807, 2.05) is 12.1 Å². The normalized spacial score (nSPS) is 10.1. The summed E-state index contributed by atoms with van der Waals surface area (Å²) in [5.41, 5.74) is 1.30. The van der Waals surface area contributed by atoms with Gasteiger partial charge in [-0.1, -0.05) is 28.1 Å². The van der Waals surface area contributed by atoms with Crippen LogP contribution in [-0.2, 0) is 11.2 Å². The zero-order chi connectivity index (χ0) is 10.4. The molecule has 0 heterocycles. The Hall–Kier alpha value is -0.340. The maximum atomic E-state index is 10.5. The first-order valence-electron chi connectivity index (χ1n) is 4.61. The van der Waals surface area contributed by atoms with E-state index in [4.69, 9.17) is 11.6 Å². The monoisotopic (exact) mass is 274 g/mol. The van der Waals surface area contributed by atoms with Crippen LogP contribution in [-0.4, -0.2) is 5.24 Å². The second-order valence-corrected chi connectivity index (χ2v) is 4.53. The van der Waals surface area contributed by atoms with Crippen molar-refractivity contribution in [2.24, 2.45) is 0 Å². The van der Waals surface area contributed by atoms with Gasteiger partial charge in [0.1, 0.15) is 0 Å². The minimum Gasteiger partial charge on any atom is -0.281 e. The third kappa shape index (κ3) is 4.77. The number of benzene rings is 1. The Morgan fingerprint density at radius 2 is 1.86 bits per heavy atom. The molecule has 1 nitrogen and oxygen atoms in total. The van der Waals surface area contributed by atoms with Crippen LogP contribution in [0.15, 0.2) is 28.7 Å². The number of carbonyl (C=O) groups is 1. The Morgan fingerprint density at radius 3 is 2.43 bits per heavy atom. The molecule has 0 aromatic heterocycles. The molecule has 0 bridgehead atoms. The van der Waals surface area contributed by atoms with Crippen molar-refractivity contribution in [3.05, 3.63) is 34.3 Å². The van der Waals surface area contributed by atoms with Crippen molar-refractivity contribution >= 4 is 32.8 Å². The predicted molar refractivity (Wildman–Crippen MR) is 62.6 cm³/mol. The van der Waals surface area contributed by atoms with E-state index in [1.54, 1.807) is 0 Å². The van der Waals surface area contributed by atoms with Crippen LogP contribution in [0.3, 0.4) is 0 Å². The smallest absolute Gasteiger partial charge is 0.221 e. The fourth-order valence-corrected chi connectivity index (χ4v) is 1.64. The molecule has 0 unspecified atom stereocenters. The molecule has 1 rings (SSSR count). The van der Waals surface area contributed by atoms with Crippen molar-refractivity contribution < 1.29 is 4.79 Å². The molecule has 3 heteroatoms. The topological polar surface area (TPSA) is 17.1 Å². The predicted octanol–water partition coefficient (Wildman–Crippen LogP) is 3.93. The van der Waals surface area contributed by atoms with Crippen LogP contribution in [0.25, 0.3) is 0 Å². The number of hydrogen-bond donors (Lipinski definition) is 0. The lowest BCUT2D eigenvalue weighted by atomic mass is 10.1. The van der Waals surface area contributed by atoms with Gasteiger partial charge in [0.2, 0.25) is 5.24 Å². The number of aryl methyl sites for hydroxylation is 1. The average Bonchev–Trinajstić information content (AvgIpc) is 2.15. The molecule has 76 valence electrons. The first-order chi connectivity index (χ1) is 6.68. The van der Waals surface area contributed by atoms with Crippen LogP contribution in [0.5, 0.6) is 0 Å². The highest BCUT2D eigenvalue weighted by Crippen LogP contribution is 2.13. The molecule has 0 saturated heterocycles. The van der Waals surface area contributed by atoms with Gasteiger partial charge >= 0.3 is 0 Å². The molecular weight excluding hydrogens is 263 g/mol. The van der Waals surface area contributed by atoms with Crippen LogP contribution < -0.4 is 0 Å². The minimum atomic E-state index is -0.235. The Labute approximate surface area is 97.6 Å². The molecule has 0 aliphatic heterocycles. The maximum absolute atomic E-state index is 10.5. The summed E-state index contributed by atoms with van der Waals surface area (Å²) in [7, 11) is 0. The van der Waals surface area contributed by atoms with E-state index >= 15 is 0 Å². The van der Waals surface area contributed by atoms with E-state index in [9.17, 15) is 4.79 Å². The second kappa shape index (κ2) is 6.20. The fraction of sp³-hybridized carbons (Fsp3) is 0.364. The van der Waals surface area contributed by atoms with Gasteiger partial charge in [-0.05, 0) is 48.6 Å². The van der Waals surface area contributed by atoms with Crippen LogP contribution in [0.2, 0.25) is 0 Å². The lowest BCUT2D eigenvalue weighted by Gasteiger charge is -2.00. The van der Waals surface area contributed by atoms with Crippen molar-refractivity contribution in [3.63, 3.8) is 0 Å². The molecule has 1 aromatic rings. The lowest BCUT2D eigenvalue weighted by molar-refractivity contribution is -0.111. The minimum absolute atomic E-state index is 0.235. The molecule has 0 N–H and O–H groups in total. The standard InChI is InChI=1S/C11H12BrClO/c12-10-7-5-9(6-8-10)3-1-2-4-11(13)14/h5-8H,1-4H2. The quantitative estimate of drug-likeness (QED) is 0.588. The van der Waals surface area contributed by atoms with Crippen molar-refractivity contribution in [1.82, 2.24) is 0 Å². The van der Waals surface area contributed by atoms with Gasteiger partial charge in [0.25, 0.3) is 0 Å². The van der Waals surface area contributed by atoms with Gasteiger partial charge in [-0.2, -0.15) is 0 Å². The summed E-state index contributed by atoms with van der Waals surface area (Å²) in [6.45, 7) is 0. The molecule has 0 amide bonds. The summed E-state index contributed by atoms with van der Waals surface area (Å²) < 4.78 is 1.09. The van der Waals surface area contributed by atoms with Gasteiger partial charge < -0.3 is 0 Å². The van der Waals surface area contributed by atoms with Crippen molar-refractivity contribution in [1.29, 1.82) is 0 Å². The van der Waals surface area contributed by atoms with Crippen LogP contribution in [0.4, 0.5) is 0 Å². The van der Waals surface area contributed by atoms with E-state index in [0.717, 1.165) is 23.7 Å². The highest BCUT2D eigenvalue weighted by Gasteiger charge is 1.97. The van der Waals surface area contributed by atoms with E-state index in [2.05, 4.69) is 28.1 Å². The number of unbranched alkanes of at least 4 members (excludes halogenated alkanes) is 1.